The molecule has 0 saturated heterocycles. The Bertz CT molecular complexity index is 525. The lowest BCUT2D eigenvalue weighted by atomic mass is 9.71. The topological polar surface area (TPSA) is 72.2 Å². The molecule has 1 aliphatic rings. The van der Waals surface area contributed by atoms with E-state index in [4.69, 9.17) is 5.73 Å². The molecule has 122 valence electrons. The van der Waals surface area contributed by atoms with Gasteiger partial charge in [-0.3, -0.25) is 9.59 Å². The van der Waals surface area contributed by atoms with Crippen LogP contribution in [-0.2, 0) is 4.79 Å². The van der Waals surface area contributed by atoms with E-state index in [1.165, 1.54) is 13.3 Å². The van der Waals surface area contributed by atoms with E-state index in [0.717, 1.165) is 25.7 Å². The van der Waals surface area contributed by atoms with Crippen molar-refractivity contribution >= 4 is 29.8 Å². The summed E-state index contributed by atoms with van der Waals surface area (Å²) < 4.78 is 0. The van der Waals surface area contributed by atoms with Gasteiger partial charge in [0.1, 0.15) is 0 Å². The van der Waals surface area contributed by atoms with Crippen molar-refractivity contribution in [2.24, 2.45) is 11.1 Å². The summed E-state index contributed by atoms with van der Waals surface area (Å²) in [5, 5.41) is 2.90. The second-order valence-electron chi connectivity index (χ2n) is 6.13. The van der Waals surface area contributed by atoms with Gasteiger partial charge in [-0.2, -0.15) is 0 Å². The molecule has 0 aromatic heterocycles. The van der Waals surface area contributed by atoms with Crippen molar-refractivity contribution < 1.29 is 9.59 Å². The highest BCUT2D eigenvalue weighted by Crippen LogP contribution is 2.38. The molecule has 1 fully saturated rings. The molecule has 22 heavy (non-hydrogen) atoms. The third-order valence-electron chi connectivity index (χ3n) is 4.44. The standard InChI is InChI=1S/C17H24N2O2.ClH/c1-13(20)14-6-5-7-15(10-14)19-16(21)11-17(12-18)8-3-2-4-9-17;/h5-7,10H,2-4,8-9,11-12,18H2,1H3,(H,19,21);1H. The van der Waals surface area contributed by atoms with Gasteiger partial charge in [0.2, 0.25) is 5.91 Å². The monoisotopic (exact) mass is 324 g/mol. The molecule has 1 aromatic carbocycles. The maximum absolute atomic E-state index is 12.3. The molecule has 0 spiro atoms. The van der Waals surface area contributed by atoms with E-state index in [1.807, 2.05) is 0 Å². The Labute approximate surface area is 138 Å². The fourth-order valence-corrected chi connectivity index (χ4v) is 3.12. The van der Waals surface area contributed by atoms with E-state index in [0.29, 0.717) is 24.2 Å². The number of amides is 1. The van der Waals surface area contributed by atoms with Gasteiger partial charge in [-0.1, -0.05) is 31.4 Å². The summed E-state index contributed by atoms with van der Waals surface area (Å²) in [4.78, 5) is 23.6. The van der Waals surface area contributed by atoms with Gasteiger partial charge in [0, 0.05) is 17.7 Å². The molecule has 0 heterocycles. The van der Waals surface area contributed by atoms with Gasteiger partial charge in [-0.25, -0.2) is 0 Å². The van der Waals surface area contributed by atoms with Crippen LogP contribution < -0.4 is 11.1 Å². The summed E-state index contributed by atoms with van der Waals surface area (Å²) in [5.74, 6) is -0.0140. The van der Waals surface area contributed by atoms with Crippen LogP contribution in [0.1, 0.15) is 55.8 Å². The van der Waals surface area contributed by atoms with Gasteiger partial charge >= 0.3 is 0 Å². The number of Topliss-reactive ketones (excluding diaryl/α,β-unsaturated/α-hetero) is 1. The number of hydrogen-bond donors (Lipinski definition) is 2. The number of nitrogens with one attached hydrogen (secondary N) is 1. The molecule has 3 N–H and O–H groups in total. The minimum absolute atomic E-state index is 0. The Morgan fingerprint density at radius 1 is 1.23 bits per heavy atom. The van der Waals surface area contributed by atoms with Crippen molar-refractivity contribution in [1.29, 1.82) is 0 Å². The summed E-state index contributed by atoms with van der Waals surface area (Å²) in [6, 6.07) is 7.06. The van der Waals surface area contributed by atoms with Crippen LogP contribution in [0.2, 0.25) is 0 Å². The van der Waals surface area contributed by atoms with E-state index < -0.39 is 0 Å². The van der Waals surface area contributed by atoms with Crippen LogP contribution >= 0.6 is 12.4 Å². The molecular weight excluding hydrogens is 300 g/mol. The smallest absolute Gasteiger partial charge is 0.224 e. The average Bonchev–Trinajstić information content (AvgIpc) is 2.48. The number of carbonyl (C=O) groups is 2. The Kier molecular flexibility index (Phi) is 7.04. The molecule has 0 aliphatic heterocycles. The lowest BCUT2D eigenvalue weighted by molar-refractivity contribution is -0.118. The first-order valence-electron chi connectivity index (χ1n) is 7.66. The zero-order valence-electron chi connectivity index (χ0n) is 13.1. The fraction of sp³-hybridized carbons (Fsp3) is 0.529. The molecule has 1 saturated carbocycles. The third-order valence-corrected chi connectivity index (χ3v) is 4.44. The highest BCUT2D eigenvalue weighted by molar-refractivity contribution is 5.97. The number of ketones is 1. The Hall–Kier alpha value is -1.39. The lowest BCUT2D eigenvalue weighted by Gasteiger charge is -2.35. The molecule has 4 nitrogen and oxygen atoms in total. The number of carbonyl (C=O) groups excluding carboxylic acids is 2. The van der Waals surface area contributed by atoms with Crippen LogP contribution in [0.25, 0.3) is 0 Å². The number of halogens is 1. The van der Waals surface area contributed by atoms with Crippen molar-refractivity contribution in [3.63, 3.8) is 0 Å². The molecule has 0 bridgehead atoms. The predicted molar refractivity (Wildman–Crippen MR) is 91.5 cm³/mol. The van der Waals surface area contributed by atoms with Crippen LogP contribution in [0.15, 0.2) is 24.3 Å². The molecule has 1 amide bonds. The maximum atomic E-state index is 12.3. The largest absolute Gasteiger partial charge is 0.330 e. The molecular formula is C17H25ClN2O2. The van der Waals surface area contributed by atoms with Crippen LogP contribution in [-0.4, -0.2) is 18.2 Å². The summed E-state index contributed by atoms with van der Waals surface area (Å²) in [5.41, 5.74) is 7.16. The van der Waals surface area contributed by atoms with Gasteiger partial charge in [-0.15, -0.1) is 12.4 Å². The van der Waals surface area contributed by atoms with Crippen molar-refractivity contribution in [3.05, 3.63) is 29.8 Å². The van der Waals surface area contributed by atoms with Crippen molar-refractivity contribution in [1.82, 2.24) is 0 Å². The van der Waals surface area contributed by atoms with Crippen molar-refractivity contribution in [3.8, 4) is 0 Å². The number of hydrogen-bond acceptors (Lipinski definition) is 3. The highest BCUT2D eigenvalue weighted by Gasteiger charge is 2.32. The van der Waals surface area contributed by atoms with Gasteiger partial charge in [-0.05, 0) is 43.9 Å². The van der Waals surface area contributed by atoms with E-state index >= 15 is 0 Å². The zero-order valence-corrected chi connectivity index (χ0v) is 13.9. The van der Waals surface area contributed by atoms with Crippen LogP contribution in [0.4, 0.5) is 5.69 Å². The third kappa shape index (κ3) is 4.82. The molecule has 0 radical (unpaired) electrons. The molecule has 5 heteroatoms. The molecule has 0 unspecified atom stereocenters. The van der Waals surface area contributed by atoms with Crippen molar-refractivity contribution in [2.45, 2.75) is 45.4 Å². The van der Waals surface area contributed by atoms with E-state index in [-0.39, 0.29) is 29.5 Å². The summed E-state index contributed by atoms with van der Waals surface area (Å²) in [6.45, 7) is 2.08. The number of anilines is 1. The Morgan fingerprint density at radius 2 is 1.91 bits per heavy atom. The quantitative estimate of drug-likeness (QED) is 0.813. The second kappa shape index (κ2) is 8.30. The minimum Gasteiger partial charge on any atom is -0.330 e. The fourth-order valence-electron chi connectivity index (χ4n) is 3.12. The maximum Gasteiger partial charge on any atom is 0.224 e. The number of benzene rings is 1. The van der Waals surface area contributed by atoms with Gasteiger partial charge in [0.05, 0.1) is 0 Å². The molecule has 1 aliphatic carbocycles. The van der Waals surface area contributed by atoms with E-state index in [2.05, 4.69) is 5.32 Å². The Morgan fingerprint density at radius 3 is 2.50 bits per heavy atom. The number of nitrogens with two attached hydrogens (primary N) is 1. The number of rotatable bonds is 5. The van der Waals surface area contributed by atoms with Crippen molar-refractivity contribution in [2.75, 3.05) is 11.9 Å². The van der Waals surface area contributed by atoms with Gasteiger partial charge in [0.15, 0.2) is 5.78 Å². The van der Waals surface area contributed by atoms with Crippen LogP contribution in [0, 0.1) is 5.41 Å². The van der Waals surface area contributed by atoms with E-state index in [1.54, 1.807) is 24.3 Å². The summed E-state index contributed by atoms with van der Waals surface area (Å²) in [6.07, 6.45) is 6.08. The lowest BCUT2D eigenvalue weighted by Crippen LogP contribution is -2.36. The molecule has 1 aromatic rings. The first-order valence-corrected chi connectivity index (χ1v) is 7.66. The predicted octanol–water partition coefficient (Wildman–Crippen LogP) is 3.55. The summed E-state index contributed by atoms with van der Waals surface area (Å²) >= 11 is 0. The molecule has 0 atom stereocenters. The second-order valence-corrected chi connectivity index (χ2v) is 6.13. The minimum atomic E-state index is -0.0412. The first kappa shape index (κ1) is 18.7. The van der Waals surface area contributed by atoms with E-state index in [9.17, 15) is 9.59 Å². The van der Waals surface area contributed by atoms with Crippen LogP contribution in [0.5, 0.6) is 0 Å². The first-order chi connectivity index (χ1) is 10.0. The SMILES string of the molecule is CC(=O)c1cccc(NC(=O)CC2(CN)CCCCC2)c1.Cl. The molecule has 2 rings (SSSR count). The zero-order chi connectivity index (χ0) is 15.3. The highest BCUT2D eigenvalue weighted by atomic mass is 35.5. The van der Waals surface area contributed by atoms with Gasteiger partial charge < -0.3 is 11.1 Å². The van der Waals surface area contributed by atoms with Gasteiger partial charge in [0.25, 0.3) is 0 Å². The Balaban J connectivity index is 0.00000242. The summed E-state index contributed by atoms with van der Waals surface area (Å²) in [7, 11) is 0. The van der Waals surface area contributed by atoms with Crippen LogP contribution in [0.3, 0.4) is 0 Å². The average molecular weight is 325 g/mol. The normalized spacial score (nSPS) is 16.5.